The summed E-state index contributed by atoms with van der Waals surface area (Å²) in [5, 5.41) is 13.8. The van der Waals surface area contributed by atoms with Crippen molar-refractivity contribution in [3.05, 3.63) is 72.3 Å². The summed E-state index contributed by atoms with van der Waals surface area (Å²) in [5.41, 5.74) is 2.18. The number of benzene rings is 3. The Bertz CT molecular complexity index is 1290. The lowest BCUT2D eigenvalue weighted by atomic mass is 10.1. The Hall–Kier alpha value is -3.23. The van der Waals surface area contributed by atoms with Crippen molar-refractivity contribution in [1.82, 2.24) is 4.98 Å². The third-order valence-electron chi connectivity index (χ3n) is 4.32. The van der Waals surface area contributed by atoms with Gasteiger partial charge in [0.25, 0.3) is 5.91 Å². The second-order valence-electron chi connectivity index (χ2n) is 6.47. The molecule has 2 N–H and O–H groups in total. The van der Waals surface area contributed by atoms with Crippen molar-refractivity contribution in [2.24, 2.45) is 0 Å². The SMILES string of the molecule is CS(=O)(=O)c1ccc(C(=O)Nc2ccc(-c3nc4ccccc4s3)c(O)c2)cc1. The highest BCUT2D eigenvalue weighted by Crippen LogP contribution is 2.36. The van der Waals surface area contributed by atoms with E-state index in [1.165, 1.54) is 41.7 Å². The minimum Gasteiger partial charge on any atom is -0.507 e. The maximum atomic E-state index is 12.4. The van der Waals surface area contributed by atoms with Gasteiger partial charge in [0.2, 0.25) is 0 Å². The van der Waals surface area contributed by atoms with Crippen molar-refractivity contribution in [1.29, 1.82) is 0 Å². The van der Waals surface area contributed by atoms with E-state index in [-0.39, 0.29) is 10.6 Å². The van der Waals surface area contributed by atoms with Crippen molar-refractivity contribution in [3.63, 3.8) is 0 Å². The maximum absolute atomic E-state index is 12.4. The van der Waals surface area contributed by atoms with Gasteiger partial charge in [-0.1, -0.05) is 12.1 Å². The van der Waals surface area contributed by atoms with Crippen molar-refractivity contribution in [2.45, 2.75) is 4.90 Å². The molecule has 0 saturated carbocycles. The standard InChI is InChI=1S/C21H16N2O4S2/c1-29(26,27)15-9-6-13(7-10-15)20(25)22-14-8-11-16(18(24)12-14)21-23-17-4-2-3-5-19(17)28-21/h2-12,24H,1H3,(H,22,25). The van der Waals surface area contributed by atoms with Gasteiger partial charge in [0.05, 0.1) is 20.7 Å². The number of nitrogens with zero attached hydrogens (tertiary/aromatic N) is 1. The first kappa shape index (κ1) is 19.1. The first-order valence-electron chi connectivity index (χ1n) is 8.62. The van der Waals surface area contributed by atoms with E-state index in [2.05, 4.69) is 10.3 Å². The second kappa shape index (κ2) is 7.31. The van der Waals surface area contributed by atoms with E-state index in [0.717, 1.165) is 16.5 Å². The number of anilines is 1. The Morgan fingerprint density at radius 1 is 1.03 bits per heavy atom. The molecule has 0 aliphatic rings. The molecule has 4 rings (SSSR count). The average Bonchev–Trinajstić information content (AvgIpc) is 3.11. The van der Waals surface area contributed by atoms with E-state index in [1.807, 2.05) is 24.3 Å². The molecule has 0 aliphatic heterocycles. The van der Waals surface area contributed by atoms with Crippen molar-refractivity contribution >= 4 is 43.0 Å². The Morgan fingerprint density at radius 2 is 1.76 bits per heavy atom. The van der Waals surface area contributed by atoms with Crippen LogP contribution < -0.4 is 5.32 Å². The van der Waals surface area contributed by atoms with Gasteiger partial charge in [0.15, 0.2) is 9.84 Å². The molecule has 1 aromatic heterocycles. The number of nitrogens with one attached hydrogen (secondary N) is 1. The molecule has 4 aromatic rings. The lowest BCUT2D eigenvalue weighted by Crippen LogP contribution is -2.12. The van der Waals surface area contributed by atoms with Crippen molar-refractivity contribution < 1.29 is 18.3 Å². The van der Waals surface area contributed by atoms with Crippen LogP contribution in [0.25, 0.3) is 20.8 Å². The lowest BCUT2D eigenvalue weighted by Gasteiger charge is -2.08. The Morgan fingerprint density at radius 3 is 2.41 bits per heavy atom. The van der Waals surface area contributed by atoms with Gasteiger partial charge in [-0.25, -0.2) is 13.4 Å². The summed E-state index contributed by atoms with van der Waals surface area (Å²) in [4.78, 5) is 17.1. The number of rotatable bonds is 4. The molecule has 0 saturated heterocycles. The van der Waals surface area contributed by atoms with Crippen LogP contribution in [0.15, 0.2) is 71.6 Å². The first-order valence-corrected chi connectivity index (χ1v) is 11.3. The number of phenols is 1. The number of aromatic hydroxyl groups is 1. The summed E-state index contributed by atoms with van der Waals surface area (Å²) < 4.78 is 24.1. The maximum Gasteiger partial charge on any atom is 0.255 e. The van der Waals surface area contributed by atoms with Gasteiger partial charge >= 0.3 is 0 Å². The van der Waals surface area contributed by atoms with Gasteiger partial charge in [0, 0.05) is 23.6 Å². The van der Waals surface area contributed by atoms with Gasteiger partial charge < -0.3 is 10.4 Å². The topological polar surface area (TPSA) is 96.4 Å². The fourth-order valence-electron chi connectivity index (χ4n) is 2.83. The highest BCUT2D eigenvalue weighted by molar-refractivity contribution is 7.90. The molecule has 0 bridgehead atoms. The second-order valence-corrected chi connectivity index (χ2v) is 9.52. The summed E-state index contributed by atoms with van der Waals surface area (Å²) in [7, 11) is -3.32. The molecule has 0 spiro atoms. The number of para-hydroxylation sites is 1. The summed E-state index contributed by atoms with van der Waals surface area (Å²) in [6.07, 6.45) is 1.11. The third-order valence-corrected chi connectivity index (χ3v) is 6.52. The van der Waals surface area contributed by atoms with Crippen LogP contribution in [-0.4, -0.2) is 30.7 Å². The summed E-state index contributed by atoms with van der Waals surface area (Å²) >= 11 is 1.48. The molecule has 0 fully saturated rings. The minimum absolute atomic E-state index is 0.00859. The number of amides is 1. The molecule has 1 heterocycles. The normalized spacial score (nSPS) is 11.5. The van der Waals surface area contributed by atoms with E-state index in [9.17, 15) is 18.3 Å². The van der Waals surface area contributed by atoms with Crippen molar-refractivity contribution in [2.75, 3.05) is 11.6 Å². The quantitative estimate of drug-likeness (QED) is 0.508. The highest BCUT2D eigenvalue weighted by Gasteiger charge is 2.13. The Kier molecular flexibility index (Phi) is 4.81. The first-order chi connectivity index (χ1) is 13.8. The predicted molar refractivity (Wildman–Crippen MR) is 114 cm³/mol. The molecular formula is C21H16N2O4S2. The van der Waals surface area contributed by atoms with Crippen LogP contribution in [0, 0.1) is 0 Å². The molecule has 8 heteroatoms. The summed E-state index contributed by atoms with van der Waals surface area (Å²) in [5.74, 6) is -0.397. The molecule has 6 nitrogen and oxygen atoms in total. The van der Waals surface area contributed by atoms with Crippen LogP contribution in [0.4, 0.5) is 5.69 Å². The Labute approximate surface area is 171 Å². The predicted octanol–water partition coefficient (Wildman–Crippen LogP) is 4.32. The van der Waals surface area contributed by atoms with E-state index in [4.69, 9.17) is 0 Å². The van der Waals surface area contributed by atoms with Gasteiger partial charge in [-0.15, -0.1) is 11.3 Å². The molecule has 0 atom stereocenters. The van der Waals surface area contributed by atoms with Gasteiger partial charge in [-0.2, -0.15) is 0 Å². The number of sulfone groups is 1. The zero-order chi connectivity index (χ0) is 20.6. The largest absolute Gasteiger partial charge is 0.507 e. The van der Waals surface area contributed by atoms with Crippen molar-refractivity contribution in [3.8, 4) is 16.3 Å². The van der Waals surface area contributed by atoms with Crippen LogP contribution >= 0.6 is 11.3 Å². The third kappa shape index (κ3) is 3.98. The van der Waals surface area contributed by atoms with Crippen LogP contribution in [-0.2, 0) is 9.84 Å². The number of hydrogen-bond acceptors (Lipinski definition) is 6. The molecule has 1 amide bonds. The van der Waals surface area contributed by atoms with E-state index >= 15 is 0 Å². The summed E-state index contributed by atoms with van der Waals surface area (Å²) in [6, 6.07) is 18.2. The molecule has 0 radical (unpaired) electrons. The Balaban J connectivity index is 1.55. The van der Waals surface area contributed by atoms with Crippen LogP contribution in [0.1, 0.15) is 10.4 Å². The molecule has 0 aliphatic carbocycles. The zero-order valence-corrected chi connectivity index (χ0v) is 16.9. The number of carbonyl (C=O) groups is 1. The van der Waals surface area contributed by atoms with Gasteiger partial charge in [-0.05, 0) is 48.5 Å². The van der Waals surface area contributed by atoms with E-state index in [1.54, 1.807) is 12.1 Å². The van der Waals surface area contributed by atoms with Gasteiger partial charge in [0.1, 0.15) is 10.8 Å². The van der Waals surface area contributed by atoms with E-state index < -0.39 is 15.7 Å². The molecule has 3 aromatic carbocycles. The molecule has 29 heavy (non-hydrogen) atoms. The fourth-order valence-corrected chi connectivity index (χ4v) is 4.46. The lowest BCUT2D eigenvalue weighted by molar-refractivity contribution is 0.102. The molecule has 146 valence electrons. The summed E-state index contributed by atoms with van der Waals surface area (Å²) in [6.45, 7) is 0. The fraction of sp³-hybridized carbons (Fsp3) is 0.0476. The molecule has 0 unspecified atom stereocenters. The number of hydrogen-bond donors (Lipinski definition) is 2. The highest BCUT2D eigenvalue weighted by atomic mass is 32.2. The van der Waals surface area contributed by atoms with Gasteiger partial charge in [-0.3, -0.25) is 4.79 Å². The number of aromatic nitrogens is 1. The van der Waals surface area contributed by atoms with E-state index in [0.29, 0.717) is 21.8 Å². The number of carbonyl (C=O) groups excluding carboxylic acids is 1. The zero-order valence-electron chi connectivity index (χ0n) is 15.3. The van der Waals surface area contributed by atoms with Crippen LogP contribution in [0.3, 0.4) is 0 Å². The number of thiazole rings is 1. The monoisotopic (exact) mass is 424 g/mol. The average molecular weight is 425 g/mol. The van der Waals surface area contributed by atoms with Crippen LogP contribution in [0.2, 0.25) is 0 Å². The number of phenolic OH excluding ortho intramolecular Hbond substituents is 1. The number of fused-ring (bicyclic) bond motifs is 1. The smallest absolute Gasteiger partial charge is 0.255 e. The van der Waals surface area contributed by atoms with Crippen LogP contribution in [0.5, 0.6) is 5.75 Å². The molecular weight excluding hydrogens is 408 g/mol. The minimum atomic E-state index is -3.32.